The fourth-order valence-electron chi connectivity index (χ4n) is 2.65. The Morgan fingerprint density at radius 3 is 2.50 bits per heavy atom. The molecule has 0 saturated heterocycles. The van der Waals surface area contributed by atoms with Gasteiger partial charge in [-0.15, -0.1) is 13.2 Å². The standard InChI is InChI=1S/C19H13F3N2O2/c20-19(21,22)26-17-9-2-1-8-16(17)13-5-3-6-14(11-13)18-15(12-24-25)7-4-10-23-18/h1-11H,12H2. The van der Waals surface area contributed by atoms with Crippen LogP contribution in [0.3, 0.4) is 0 Å². The van der Waals surface area contributed by atoms with Crippen molar-refractivity contribution < 1.29 is 17.9 Å². The molecule has 0 bridgehead atoms. The molecule has 7 heteroatoms. The predicted molar refractivity (Wildman–Crippen MR) is 91.3 cm³/mol. The Morgan fingerprint density at radius 2 is 1.73 bits per heavy atom. The van der Waals surface area contributed by atoms with Crippen LogP contribution in [0.5, 0.6) is 5.75 Å². The summed E-state index contributed by atoms with van der Waals surface area (Å²) in [5.74, 6) is -0.284. The molecular weight excluding hydrogens is 345 g/mol. The molecule has 0 aliphatic heterocycles. The van der Waals surface area contributed by atoms with E-state index in [0.29, 0.717) is 27.9 Å². The highest BCUT2D eigenvalue weighted by atomic mass is 19.4. The van der Waals surface area contributed by atoms with Crippen LogP contribution >= 0.6 is 0 Å². The average Bonchev–Trinajstić information content (AvgIpc) is 2.62. The summed E-state index contributed by atoms with van der Waals surface area (Å²) in [7, 11) is 0. The molecule has 0 aliphatic carbocycles. The number of nitrogens with zero attached hydrogens (tertiary/aromatic N) is 2. The predicted octanol–water partition coefficient (Wildman–Crippen LogP) is 5.58. The topological polar surface area (TPSA) is 51.5 Å². The van der Waals surface area contributed by atoms with Crippen LogP contribution in [0.1, 0.15) is 5.56 Å². The first-order valence-electron chi connectivity index (χ1n) is 7.66. The third-order valence-corrected chi connectivity index (χ3v) is 3.69. The van der Waals surface area contributed by atoms with Crippen molar-refractivity contribution in [3.05, 3.63) is 77.3 Å². The van der Waals surface area contributed by atoms with Gasteiger partial charge in [0.05, 0.1) is 5.69 Å². The molecule has 0 unspecified atom stereocenters. The Morgan fingerprint density at radius 1 is 0.962 bits per heavy atom. The summed E-state index contributed by atoms with van der Waals surface area (Å²) in [5, 5.41) is 2.89. The van der Waals surface area contributed by atoms with Gasteiger partial charge in [0.25, 0.3) is 0 Å². The molecule has 1 heterocycles. The molecule has 0 fully saturated rings. The van der Waals surface area contributed by atoms with E-state index in [1.54, 1.807) is 54.7 Å². The summed E-state index contributed by atoms with van der Waals surface area (Å²) in [6.45, 7) is -0.0405. The molecule has 1 aromatic heterocycles. The normalized spacial score (nSPS) is 11.2. The fraction of sp³-hybridized carbons (Fsp3) is 0.105. The van der Waals surface area contributed by atoms with Crippen molar-refractivity contribution in [1.82, 2.24) is 4.98 Å². The second kappa shape index (κ2) is 7.35. The van der Waals surface area contributed by atoms with E-state index in [0.717, 1.165) is 0 Å². The van der Waals surface area contributed by atoms with E-state index in [-0.39, 0.29) is 12.3 Å². The molecule has 2 aromatic carbocycles. The maximum atomic E-state index is 12.6. The molecule has 0 aliphatic rings. The molecule has 3 rings (SSSR count). The van der Waals surface area contributed by atoms with E-state index in [9.17, 15) is 18.1 Å². The van der Waals surface area contributed by atoms with Gasteiger partial charge in [-0.25, -0.2) is 0 Å². The summed E-state index contributed by atoms with van der Waals surface area (Å²) < 4.78 is 42.1. The van der Waals surface area contributed by atoms with Gasteiger partial charge in [0.1, 0.15) is 12.3 Å². The van der Waals surface area contributed by atoms with Crippen LogP contribution in [0, 0.1) is 4.91 Å². The Balaban J connectivity index is 2.06. The fourth-order valence-corrected chi connectivity index (χ4v) is 2.65. The summed E-state index contributed by atoms with van der Waals surface area (Å²) in [4.78, 5) is 14.9. The summed E-state index contributed by atoms with van der Waals surface area (Å²) in [6, 6.07) is 16.2. The summed E-state index contributed by atoms with van der Waals surface area (Å²) in [6.07, 6.45) is -3.20. The lowest BCUT2D eigenvalue weighted by Gasteiger charge is -2.14. The molecule has 3 aromatic rings. The number of nitroso groups, excluding NO2 is 1. The van der Waals surface area contributed by atoms with Crippen LogP contribution in [0.15, 0.2) is 72.0 Å². The van der Waals surface area contributed by atoms with Gasteiger partial charge in [0, 0.05) is 22.9 Å². The SMILES string of the molecule is O=NCc1cccnc1-c1cccc(-c2ccccc2OC(F)(F)F)c1. The maximum Gasteiger partial charge on any atom is 0.573 e. The summed E-state index contributed by atoms with van der Waals surface area (Å²) >= 11 is 0. The second-order valence-corrected chi connectivity index (χ2v) is 5.42. The minimum absolute atomic E-state index is 0.0405. The van der Waals surface area contributed by atoms with Gasteiger partial charge in [-0.3, -0.25) is 4.98 Å². The van der Waals surface area contributed by atoms with Crippen LogP contribution in [0.4, 0.5) is 13.2 Å². The molecule has 4 nitrogen and oxygen atoms in total. The van der Waals surface area contributed by atoms with Gasteiger partial charge in [-0.1, -0.05) is 47.6 Å². The molecule has 26 heavy (non-hydrogen) atoms. The monoisotopic (exact) mass is 358 g/mol. The Labute approximate surface area is 147 Å². The zero-order chi connectivity index (χ0) is 18.6. The number of aromatic nitrogens is 1. The largest absolute Gasteiger partial charge is 0.573 e. The second-order valence-electron chi connectivity index (χ2n) is 5.42. The van der Waals surface area contributed by atoms with Crippen molar-refractivity contribution >= 4 is 0 Å². The van der Waals surface area contributed by atoms with Crippen LogP contribution < -0.4 is 4.74 Å². The van der Waals surface area contributed by atoms with Gasteiger partial charge in [-0.2, -0.15) is 4.91 Å². The molecule has 0 spiro atoms. The van der Waals surface area contributed by atoms with Crippen LogP contribution in [0.2, 0.25) is 0 Å². The Kier molecular flexibility index (Phi) is 4.97. The van der Waals surface area contributed by atoms with E-state index in [2.05, 4.69) is 14.9 Å². The van der Waals surface area contributed by atoms with Crippen LogP contribution in [-0.4, -0.2) is 11.3 Å². The Bertz CT molecular complexity index is 926. The quantitative estimate of drug-likeness (QED) is 0.560. The average molecular weight is 358 g/mol. The minimum Gasteiger partial charge on any atom is -0.405 e. The van der Waals surface area contributed by atoms with Gasteiger partial charge in [0.15, 0.2) is 0 Å². The highest BCUT2D eigenvalue weighted by molar-refractivity contribution is 5.76. The van der Waals surface area contributed by atoms with Gasteiger partial charge < -0.3 is 4.74 Å². The molecule has 132 valence electrons. The number of hydrogen-bond donors (Lipinski definition) is 0. The highest BCUT2D eigenvalue weighted by Crippen LogP contribution is 2.35. The number of pyridine rings is 1. The summed E-state index contributed by atoms with van der Waals surface area (Å²) in [5.41, 5.74) is 2.71. The van der Waals surface area contributed by atoms with Crippen molar-refractivity contribution in [3.8, 4) is 28.1 Å². The van der Waals surface area contributed by atoms with Crippen molar-refractivity contribution in [1.29, 1.82) is 0 Å². The van der Waals surface area contributed by atoms with E-state index >= 15 is 0 Å². The first-order valence-corrected chi connectivity index (χ1v) is 7.66. The number of ether oxygens (including phenoxy) is 1. The lowest BCUT2D eigenvalue weighted by atomic mass is 9.99. The number of hydrogen-bond acceptors (Lipinski definition) is 4. The third-order valence-electron chi connectivity index (χ3n) is 3.69. The number of alkyl halides is 3. The molecular formula is C19H13F3N2O2. The zero-order valence-corrected chi connectivity index (χ0v) is 13.4. The Hall–Kier alpha value is -3.22. The zero-order valence-electron chi connectivity index (χ0n) is 13.4. The van der Waals surface area contributed by atoms with Gasteiger partial charge in [-0.05, 0) is 23.8 Å². The van der Waals surface area contributed by atoms with E-state index < -0.39 is 6.36 Å². The number of rotatable bonds is 5. The molecule has 0 N–H and O–H groups in total. The van der Waals surface area contributed by atoms with Gasteiger partial charge >= 0.3 is 6.36 Å². The van der Waals surface area contributed by atoms with Crippen LogP contribution in [-0.2, 0) is 6.54 Å². The van der Waals surface area contributed by atoms with Gasteiger partial charge in [0.2, 0.25) is 0 Å². The highest BCUT2D eigenvalue weighted by Gasteiger charge is 2.32. The van der Waals surface area contributed by atoms with Crippen LogP contribution in [0.25, 0.3) is 22.4 Å². The number of para-hydroxylation sites is 1. The lowest BCUT2D eigenvalue weighted by molar-refractivity contribution is -0.274. The molecule has 0 amide bonds. The van der Waals surface area contributed by atoms with E-state index in [1.165, 1.54) is 12.1 Å². The first kappa shape index (κ1) is 17.6. The number of halogens is 3. The lowest BCUT2D eigenvalue weighted by Crippen LogP contribution is -2.17. The maximum absolute atomic E-state index is 12.6. The molecule has 0 saturated carbocycles. The molecule has 0 atom stereocenters. The minimum atomic E-state index is -4.78. The van der Waals surface area contributed by atoms with Crippen molar-refractivity contribution in [2.45, 2.75) is 12.9 Å². The number of benzene rings is 2. The third kappa shape index (κ3) is 4.05. The van der Waals surface area contributed by atoms with Crippen molar-refractivity contribution in [2.24, 2.45) is 5.18 Å². The smallest absolute Gasteiger partial charge is 0.405 e. The van der Waals surface area contributed by atoms with Crippen molar-refractivity contribution in [3.63, 3.8) is 0 Å². The molecule has 0 radical (unpaired) electrons. The first-order chi connectivity index (χ1) is 12.5. The van der Waals surface area contributed by atoms with E-state index in [1.807, 2.05) is 0 Å². The van der Waals surface area contributed by atoms with E-state index in [4.69, 9.17) is 0 Å². The van der Waals surface area contributed by atoms with Crippen molar-refractivity contribution in [2.75, 3.05) is 0 Å².